The van der Waals surface area contributed by atoms with Gasteiger partial charge >= 0.3 is 0 Å². The van der Waals surface area contributed by atoms with Crippen LogP contribution in [0.5, 0.6) is 5.75 Å². The number of nitrogens with one attached hydrogen (secondary N) is 1. The van der Waals surface area contributed by atoms with E-state index in [-0.39, 0.29) is 5.91 Å². The molecule has 0 heterocycles. The van der Waals surface area contributed by atoms with Crippen LogP contribution in [-0.4, -0.2) is 18.1 Å². The van der Waals surface area contributed by atoms with Crippen molar-refractivity contribution >= 4 is 11.6 Å². The van der Waals surface area contributed by atoms with Gasteiger partial charge in [-0.25, -0.2) is 0 Å². The fraction of sp³-hybridized carbons (Fsp3) is 0.500. The molecule has 1 aliphatic carbocycles. The molecule has 1 fully saturated rings. The van der Waals surface area contributed by atoms with Crippen molar-refractivity contribution in [2.24, 2.45) is 0 Å². The van der Waals surface area contributed by atoms with Crippen LogP contribution in [0.25, 0.3) is 0 Å². The van der Waals surface area contributed by atoms with Gasteiger partial charge in [0, 0.05) is 12.3 Å². The van der Waals surface area contributed by atoms with Gasteiger partial charge in [-0.2, -0.15) is 0 Å². The molecule has 0 saturated heterocycles. The molecule has 1 aliphatic rings. The highest BCUT2D eigenvalue weighted by atomic mass is 16.5. The molecular formula is C26H35NO3. The van der Waals surface area contributed by atoms with Crippen LogP contribution in [0.15, 0.2) is 42.5 Å². The lowest BCUT2D eigenvalue weighted by Crippen LogP contribution is -2.45. The first kappa shape index (κ1) is 22.4. The molecule has 0 aliphatic heterocycles. The lowest BCUT2D eigenvalue weighted by molar-refractivity contribution is -0.143. The van der Waals surface area contributed by atoms with E-state index in [0.29, 0.717) is 13.2 Å². The Morgan fingerprint density at radius 3 is 2.23 bits per heavy atom. The maximum atomic E-state index is 13.3. The summed E-state index contributed by atoms with van der Waals surface area (Å²) in [5, 5.41) is 3.15. The highest BCUT2D eigenvalue weighted by molar-refractivity contribution is 5.97. The molecule has 1 amide bonds. The summed E-state index contributed by atoms with van der Waals surface area (Å²) in [6.45, 7) is 7.29. The number of carbonyl (C=O) groups excluding carboxylic acids is 1. The summed E-state index contributed by atoms with van der Waals surface area (Å²) in [7, 11) is 0. The van der Waals surface area contributed by atoms with Crippen LogP contribution in [0.1, 0.15) is 68.6 Å². The Morgan fingerprint density at radius 1 is 1.00 bits per heavy atom. The third kappa shape index (κ3) is 5.63. The molecule has 30 heavy (non-hydrogen) atoms. The van der Waals surface area contributed by atoms with E-state index in [1.165, 1.54) is 12.8 Å². The van der Waals surface area contributed by atoms with Crippen LogP contribution in [0.2, 0.25) is 0 Å². The monoisotopic (exact) mass is 409 g/mol. The number of rotatable bonds is 8. The van der Waals surface area contributed by atoms with Gasteiger partial charge in [0.05, 0.1) is 0 Å². The summed E-state index contributed by atoms with van der Waals surface area (Å²) in [5.74, 6) is 0.873. The smallest absolute Gasteiger partial charge is 0.256 e. The van der Waals surface area contributed by atoms with E-state index in [2.05, 4.69) is 24.4 Å². The van der Waals surface area contributed by atoms with Crippen molar-refractivity contribution in [3.05, 3.63) is 59.2 Å². The fourth-order valence-electron chi connectivity index (χ4n) is 4.26. The third-order valence-electron chi connectivity index (χ3n) is 5.85. The number of amides is 1. The molecule has 0 atom stereocenters. The fourth-order valence-corrected chi connectivity index (χ4v) is 4.26. The van der Waals surface area contributed by atoms with Crippen LogP contribution in [0.3, 0.4) is 0 Å². The number of carbonyl (C=O) groups is 1. The molecular weight excluding hydrogens is 374 g/mol. The summed E-state index contributed by atoms with van der Waals surface area (Å²) < 4.78 is 12.3. The number of benzene rings is 2. The van der Waals surface area contributed by atoms with Crippen LogP contribution >= 0.6 is 0 Å². The van der Waals surface area contributed by atoms with Crippen molar-refractivity contribution < 1.29 is 14.3 Å². The quantitative estimate of drug-likeness (QED) is 0.518. The average Bonchev–Trinajstić information content (AvgIpc) is 2.99. The Morgan fingerprint density at radius 2 is 1.63 bits per heavy atom. The second-order valence-corrected chi connectivity index (χ2v) is 8.42. The van der Waals surface area contributed by atoms with E-state index in [4.69, 9.17) is 9.47 Å². The van der Waals surface area contributed by atoms with Gasteiger partial charge < -0.3 is 14.8 Å². The Balaban J connectivity index is 1.72. The molecule has 162 valence electrons. The van der Waals surface area contributed by atoms with Gasteiger partial charge in [0.2, 0.25) is 0 Å². The SMILES string of the molecule is CCCOC1(C(=O)Nc2cc(C)c(OCc3ccccc3)c(C)c2)CCCCCC1. The van der Waals surface area contributed by atoms with E-state index in [0.717, 1.165) is 60.2 Å². The number of hydrogen-bond acceptors (Lipinski definition) is 3. The van der Waals surface area contributed by atoms with E-state index in [9.17, 15) is 4.79 Å². The minimum Gasteiger partial charge on any atom is -0.488 e. The van der Waals surface area contributed by atoms with Gasteiger partial charge in [-0.1, -0.05) is 62.9 Å². The van der Waals surface area contributed by atoms with Crippen molar-refractivity contribution in [3.63, 3.8) is 0 Å². The first-order valence-corrected chi connectivity index (χ1v) is 11.3. The van der Waals surface area contributed by atoms with Gasteiger partial charge in [0.15, 0.2) is 0 Å². The van der Waals surface area contributed by atoms with Gasteiger partial charge in [-0.3, -0.25) is 4.79 Å². The Kier molecular flexibility index (Phi) is 7.92. The second kappa shape index (κ2) is 10.6. The molecule has 3 rings (SSSR count). The topological polar surface area (TPSA) is 47.6 Å². The summed E-state index contributed by atoms with van der Waals surface area (Å²) in [5.41, 5.74) is 3.29. The zero-order chi connectivity index (χ0) is 21.4. The highest BCUT2D eigenvalue weighted by Gasteiger charge is 2.39. The van der Waals surface area contributed by atoms with Gasteiger partial charge in [0.25, 0.3) is 5.91 Å². The predicted octanol–water partition coefficient (Wildman–Crippen LogP) is 6.34. The highest BCUT2D eigenvalue weighted by Crippen LogP contribution is 2.33. The first-order chi connectivity index (χ1) is 14.5. The summed E-state index contributed by atoms with van der Waals surface area (Å²) in [6, 6.07) is 14.1. The third-order valence-corrected chi connectivity index (χ3v) is 5.85. The number of ether oxygens (including phenoxy) is 2. The maximum Gasteiger partial charge on any atom is 0.256 e. The largest absolute Gasteiger partial charge is 0.488 e. The van der Waals surface area contributed by atoms with Crippen molar-refractivity contribution in [3.8, 4) is 5.75 Å². The van der Waals surface area contributed by atoms with Crippen LogP contribution in [-0.2, 0) is 16.1 Å². The van der Waals surface area contributed by atoms with E-state index in [1.54, 1.807) is 0 Å². The molecule has 0 radical (unpaired) electrons. The molecule has 1 saturated carbocycles. The summed E-state index contributed by atoms with van der Waals surface area (Å²) in [4.78, 5) is 13.3. The summed E-state index contributed by atoms with van der Waals surface area (Å²) >= 11 is 0. The number of aryl methyl sites for hydroxylation is 2. The standard InChI is InChI=1S/C26H35NO3/c1-4-16-30-26(14-10-5-6-11-15-26)25(28)27-23-17-20(2)24(21(3)18-23)29-19-22-12-8-7-9-13-22/h7-9,12-13,17-18H,4-6,10-11,14-16,19H2,1-3H3,(H,27,28). The molecule has 0 spiro atoms. The van der Waals surface area contributed by atoms with Crippen molar-refractivity contribution in [2.75, 3.05) is 11.9 Å². The van der Waals surface area contributed by atoms with Gasteiger partial charge in [-0.05, 0) is 61.9 Å². The molecule has 4 heteroatoms. The van der Waals surface area contributed by atoms with Gasteiger partial charge in [-0.15, -0.1) is 0 Å². The normalized spacial score (nSPS) is 16.0. The van der Waals surface area contributed by atoms with Crippen molar-refractivity contribution in [1.29, 1.82) is 0 Å². The minimum absolute atomic E-state index is 0.00500. The average molecular weight is 410 g/mol. The molecule has 0 unspecified atom stereocenters. The Hall–Kier alpha value is -2.33. The van der Waals surface area contributed by atoms with E-state index in [1.807, 2.05) is 44.2 Å². The van der Waals surface area contributed by atoms with Crippen molar-refractivity contribution in [1.82, 2.24) is 0 Å². The van der Waals surface area contributed by atoms with Gasteiger partial charge in [0.1, 0.15) is 18.0 Å². The van der Waals surface area contributed by atoms with Crippen LogP contribution in [0.4, 0.5) is 5.69 Å². The van der Waals surface area contributed by atoms with Crippen LogP contribution < -0.4 is 10.1 Å². The lowest BCUT2D eigenvalue weighted by Gasteiger charge is -2.31. The molecule has 0 aromatic heterocycles. The predicted molar refractivity (Wildman–Crippen MR) is 122 cm³/mol. The van der Waals surface area contributed by atoms with E-state index < -0.39 is 5.60 Å². The molecule has 2 aromatic carbocycles. The first-order valence-electron chi connectivity index (χ1n) is 11.3. The Bertz CT molecular complexity index is 800. The number of anilines is 1. The van der Waals surface area contributed by atoms with Crippen LogP contribution in [0, 0.1) is 13.8 Å². The molecule has 1 N–H and O–H groups in total. The van der Waals surface area contributed by atoms with E-state index >= 15 is 0 Å². The zero-order valence-electron chi connectivity index (χ0n) is 18.6. The van der Waals surface area contributed by atoms with Crippen molar-refractivity contribution in [2.45, 2.75) is 77.9 Å². The second-order valence-electron chi connectivity index (χ2n) is 8.42. The zero-order valence-corrected chi connectivity index (χ0v) is 18.6. The maximum absolute atomic E-state index is 13.3. The molecule has 4 nitrogen and oxygen atoms in total. The lowest BCUT2D eigenvalue weighted by atomic mass is 9.92. The minimum atomic E-state index is -0.698. The molecule has 0 bridgehead atoms. The number of hydrogen-bond donors (Lipinski definition) is 1. The summed E-state index contributed by atoms with van der Waals surface area (Å²) in [6.07, 6.45) is 6.96. The molecule has 2 aromatic rings. The Labute approximate surface area is 181 Å².